The van der Waals surface area contributed by atoms with E-state index in [2.05, 4.69) is 12.6 Å². The van der Waals surface area contributed by atoms with Crippen molar-refractivity contribution in [3.63, 3.8) is 0 Å². The summed E-state index contributed by atoms with van der Waals surface area (Å²) >= 11 is 0. The first kappa shape index (κ1) is 18.3. The highest BCUT2D eigenvalue weighted by atomic mass is 16.5. The van der Waals surface area contributed by atoms with Crippen molar-refractivity contribution in [2.75, 3.05) is 13.7 Å². The molecule has 2 aromatic rings. The van der Waals surface area contributed by atoms with Crippen LogP contribution in [-0.2, 0) is 16.1 Å². The van der Waals surface area contributed by atoms with Gasteiger partial charge in [0, 0.05) is 18.1 Å². The number of benzene rings is 1. The highest BCUT2D eigenvalue weighted by Gasteiger charge is 2.31. The number of para-hydroxylation sites is 1. The lowest BCUT2D eigenvalue weighted by Gasteiger charge is -2.22. The fraction of sp³-hybridized carbons (Fsp3) is 0.333. The minimum Gasteiger partial charge on any atom is -0.390 e. The minimum atomic E-state index is -0.912. The van der Waals surface area contributed by atoms with E-state index in [1.807, 2.05) is 30.3 Å². The van der Waals surface area contributed by atoms with Gasteiger partial charge in [0.15, 0.2) is 0 Å². The summed E-state index contributed by atoms with van der Waals surface area (Å²) in [4.78, 5) is 19.0. The van der Waals surface area contributed by atoms with Crippen molar-refractivity contribution in [1.29, 1.82) is 0 Å². The van der Waals surface area contributed by atoms with E-state index in [1.54, 1.807) is 17.9 Å². The van der Waals surface area contributed by atoms with Gasteiger partial charge in [-0.1, -0.05) is 30.4 Å². The van der Waals surface area contributed by atoms with Gasteiger partial charge in [-0.3, -0.25) is 4.79 Å². The second-order valence-electron chi connectivity index (χ2n) is 6.88. The molecule has 1 atom stereocenters. The van der Waals surface area contributed by atoms with Crippen LogP contribution in [-0.4, -0.2) is 40.2 Å². The number of hydrogen-bond acceptors (Lipinski definition) is 4. The van der Waals surface area contributed by atoms with Crippen LogP contribution in [0.15, 0.2) is 49.1 Å². The fourth-order valence-electron chi connectivity index (χ4n) is 3.23. The van der Waals surface area contributed by atoms with E-state index < -0.39 is 5.60 Å². The van der Waals surface area contributed by atoms with Gasteiger partial charge in [-0.05, 0) is 31.9 Å². The number of carbonyl (C=O) groups is 1. The number of fused-ring (bicyclic) bond motifs is 2. The van der Waals surface area contributed by atoms with E-state index in [1.165, 1.54) is 7.11 Å². The molecule has 0 radical (unpaired) electrons. The van der Waals surface area contributed by atoms with Gasteiger partial charge in [0.25, 0.3) is 5.91 Å². The molecule has 1 unspecified atom stereocenters. The molecule has 0 saturated carbocycles. The number of ether oxygens (including phenoxy) is 1. The van der Waals surface area contributed by atoms with Crippen molar-refractivity contribution in [1.82, 2.24) is 9.88 Å². The van der Waals surface area contributed by atoms with Gasteiger partial charge >= 0.3 is 0 Å². The Hall–Kier alpha value is -2.50. The predicted octanol–water partition coefficient (Wildman–Crippen LogP) is 3.28. The molecule has 0 bridgehead atoms. The van der Waals surface area contributed by atoms with Crippen molar-refractivity contribution in [3.05, 3.63) is 60.3 Å². The lowest BCUT2D eigenvalue weighted by molar-refractivity contribution is -0.132. The molecule has 5 heteroatoms. The molecule has 1 aromatic carbocycles. The van der Waals surface area contributed by atoms with Gasteiger partial charge in [0.2, 0.25) is 0 Å². The lowest BCUT2D eigenvalue weighted by Crippen LogP contribution is -2.29. The summed E-state index contributed by atoms with van der Waals surface area (Å²) in [5, 5.41) is 11.5. The number of amides is 1. The van der Waals surface area contributed by atoms with E-state index >= 15 is 0 Å². The molecule has 1 aliphatic rings. The molecule has 1 amide bonds. The van der Waals surface area contributed by atoms with Crippen LogP contribution in [0.3, 0.4) is 0 Å². The van der Waals surface area contributed by atoms with Crippen molar-refractivity contribution >= 4 is 22.5 Å². The normalized spacial score (nSPS) is 17.3. The van der Waals surface area contributed by atoms with E-state index in [9.17, 15) is 9.90 Å². The topological polar surface area (TPSA) is 62.7 Å². The summed E-state index contributed by atoms with van der Waals surface area (Å²) in [6.07, 6.45) is 4.46. The van der Waals surface area contributed by atoms with Gasteiger partial charge in [0.05, 0.1) is 29.1 Å². The second-order valence-corrected chi connectivity index (χ2v) is 6.88. The Morgan fingerprint density at radius 2 is 2.19 bits per heavy atom. The molecular formula is C21H24N2O3. The summed E-state index contributed by atoms with van der Waals surface area (Å²) in [5.74, 6) is -0.121. The maximum Gasteiger partial charge on any atom is 0.253 e. The molecule has 3 rings (SSSR count). The first-order chi connectivity index (χ1) is 12.4. The van der Waals surface area contributed by atoms with Crippen LogP contribution in [0.1, 0.15) is 31.0 Å². The van der Waals surface area contributed by atoms with Crippen molar-refractivity contribution in [2.24, 2.45) is 0 Å². The summed E-state index contributed by atoms with van der Waals surface area (Å²) in [5.41, 5.74) is 2.50. The Labute approximate surface area is 153 Å². The number of carbonyl (C=O) groups excluding carboxylic acids is 1. The second kappa shape index (κ2) is 7.40. The van der Waals surface area contributed by atoms with E-state index in [0.29, 0.717) is 19.4 Å². The van der Waals surface area contributed by atoms with Crippen molar-refractivity contribution in [2.45, 2.75) is 31.9 Å². The fourth-order valence-corrected chi connectivity index (χ4v) is 3.23. The van der Waals surface area contributed by atoms with Gasteiger partial charge < -0.3 is 14.7 Å². The largest absolute Gasteiger partial charge is 0.390 e. The highest BCUT2D eigenvalue weighted by Crippen LogP contribution is 2.35. The van der Waals surface area contributed by atoms with Crippen LogP contribution in [0.5, 0.6) is 0 Å². The Balaban J connectivity index is 2.03. The Morgan fingerprint density at radius 1 is 1.42 bits per heavy atom. The van der Waals surface area contributed by atoms with Gasteiger partial charge in [-0.25, -0.2) is 4.98 Å². The third kappa shape index (κ3) is 3.69. The smallest absolute Gasteiger partial charge is 0.253 e. The first-order valence-corrected chi connectivity index (χ1v) is 8.67. The molecule has 1 aromatic heterocycles. The SMILES string of the molecule is C=CCC(C)(O)C/C=C1/c2nc3ccccc3cc2CN1C(=O)COC. The maximum atomic E-state index is 12.5. The molecule has 0 aliphatic carbocycles. The predicted molar refractivity (Wildman–Crippen MR) is 102 cm³/mol. The number of hydrogen-bond donors (Lipinski definition) is 1. The molecule has 2 heterocycles. The molecule has 1 N–H and O–H groups in total. The number of aromatic nitrogens is 1. The monoisotopic (exact) mass is 352 g/mol. The summed E-state index contributed by atoms with van der Waals surface area (Å²) < 4.78 is 5.02. The summed E-state index contributed by atoms with van der Waals surface area (Å²) in [7, 11) is 1.51. The average Bonchev–Trinajstić information content (AvgIpc) is 2.96. The van der Waals surface area contributed by atoms with E-state index in [0.717, 1.165) is 27.9 Å². The van der Waals surface area contributed by atoms with Crippen molar-refractivity contribution in [3.8, 4) is 0 Å². The number of rotatable bonds is 6. The zero-order valence-electron chi connectivity index (χ0n) is 15.2. The number of aliphatic hydroxyl groups is 1. The first-order valence-electron chi connectivity index (χ1n) is 8.67. The number of methoxy groups -OCH3 is 1. The van der Waals surface area contributed by atoms with Gasteiger partial charge in [-0.15, -0.1) is 6.58 Å². The highest BCUT2D eigenvalue weighted by molar-refractivity contribution is 5.92. The standard InChI is InChI=1S/C21H24N2O3/c1-4-10-21(2,25)11-9-18-20-16(13-23(18)19(24)14-26-3)12-15-7-5-6-8-17(15)22-20/h4-9,12,25H,1,10-11,13-14H2,2-3H3/b18-9-. The molecule has 136 valence electrons. The van der Waals surface area contributed by atoms with Gasteiger partial charge in [-0.2, -0.15) is 0 Å². The third-order valence-corrected chi connectivity index (χ3v) is 4.55. The average molecular weight is 352 g/mol. The van der Waals surface area contributed by atoms with E-state index in [4.69, 9.17) is 9.72 Å². The van der Waals surface area contributed by atoms with E-state index in [-0.39, 0.29) is 12.5 Å². The van der Waals surface area contributed by atoms with Crippen LogP contribution < -0.4 is 0 Å². The zero-order chi connectivity index (χ0) is 18.7. The lowest BCUT2D eigenvalue weighted by atomic mass is 9.97. The molecule has 1 aliphatic heterocycles. The molecule has 5 nitrogen and oxygen atoms in total. The third-order valence-electron chi connectivity index (χ3n) is 4.55. The molecule has 26 heavy (non-hydrogen) atoms. The quantitative estimate of drug-likeness (QED) is 0.811. The molecule has 0 saturated heterocycles. The number of pyridine rings is 1. The molecule has 0 fully saturated rings. The van der Waals surface area contributed by atoms with Crippen LogP contribution in [0.25, 0.3) is 16.6 Å². The Bertz CT molecular complexity index is 871. The Morgan fingerprint density at radius 3 is 2.92 bits per heavy atom. The maximum absolute atomic E-state index is 12.5. The molecular weight excluding hydrogens is 328 g/mol. The zero-order valence-corrected chi connectivity index (χ0v) is 15.2. The minimum absolute atomic E-state index is 0.00784. The van der Waals surface area contributed by atoms with Crippen LogP contribution in [0, 0.1) is 0 Å². The van der Waals surface area contributed by atoms with Crippen LogP contribution in [0.4, 0.5) is 0 Å². The van der Waals surface area contributed by atoms with Crippen LogP contribution >= 0.6 is 0 Å². The summed E-state index contributed by atoms with van der Waals surface area (Å²) in [6.45, 7) is 5.92. The van der Waals surface area contributed by atoms with Crippen LogP contribution in [0.2, 0.25) is 0 Å². The summed E-state index contributed by atoms with van der Waals surface area (Å²) in [6, 6.07) is 9.97. The molecule has 0 spiro atoms. The Kier molecular flexibility index (Phi) is 5.20. The van der Waals surface area contributed by atoms with Crippen molar-refractivity contribution < 1.29 is 14.6 Å². The number of nitrogens with zero attached hydrogens (tertiary/aromatic N) is 2. The van der Waals surface area contributed by atoms with Gasteiger partial charge in [0.1, 0.15) is 6.61 Å².